The first kappa shape index (κ1) is 15.1. The molecule has 0 aliphatic carbocycles. The summed E-state index contributed by atoms with van der Waals surface area (Å²) in [7, 11) is 0. The highest BCUT2D eigenvalue weighted by Gasteiger charge is 2.30. The fraction of sp³-hybridized carbons (Fsp3) is 0.615. The monoisotopic (exact) mass is 290 g/mol. The van der Waals surface area contributed by atoms with Gasteiger partial charge in [-0.15, -0.1) is 0 Å². The molecular weight excluding hydrogens is 273 g/mol. The van der Waals surface area contributed by atoms with Crippen LogP contribution in [0.15, 0.2) is 23.1 Å². The highest BCUT2D eigenvalue weighted by atomic mass is 19.4. The molecule has 0 saturated carbocycles. The average Bonchev–Trinajstić information content (AvgIpc) is 2.88. The lowest BCUT2D eigenvalue weighted by atomic mass is 10.1. The lowest BCUT2D eigenvalue weighted by Crippen LogP contribution is -2.30. The first-order valence-corrected chi connectivity index (χ1v) is 6.53. The van der Waals surface area contributed by atoms with Gasteiger partial charge in [-0.3, -0.25) is 4.79 Å². The number of nitrogens with one attached hydrogen (secondary N) is 1. The van der Waals surface area contributed by atoms with Crippen molar-refractivity contribution in [1.82, 2.24) is 9.88 Å². The van der Waals surface area contributed by atoms with Crippen molar-refractivity contribution in [3.8, 4) is 0 Å². The zero-order chi connectivity index (χ0) is 14.6. The quantitative estimate of drug-likeness (QED) is 0.836. The Bertz CT molecular complexity index is 493. The Hall–Kier alpha value is -1.34. The average molecular weight is 290 g/mol. The van der Waals surface area contributed by atoms with E-state index in [1.165, 1.54) is 0 Å². The van der Waals surface area contributed by atoms with Gasteiger partial charge in [0, 0.05) is 38.5 Å². The minimum Gasteiger partial charge on any atom is -0.381 e. The van der Waals surface area contributed by atoms with E-state index in [0.29, 0.717) is 12.5 Å². The molecule has 1 aromatic rings. The number of rotatable bonds is 5. The predicted molar refractivity (Wildman–Crippen MR) is 67.5 cm³/mol. The van der Waals surface area contributed by atoms with Crippen LogP contribution in [0.25, 0.3) is 0 Å². The molecule has 1 unspecified atom stereocenters. The Balaban J connectivity index is 1.86. The van der Waals surface area contributed by atoms with E-state index >= 15 is 0 Å². The molecule has 4 nitrogen and oxygen atoms in total. The summed E-state index contributed by atoms with van der Waals surface area (Å²) in [6.45, 7) is 2.91. The zero-order valence-electron chi connectivity index (χ0n) is 10.9. The summed E-state index contributed by atoms with van der Waals surface area (Å²) >= 11 is 0. The van der Waals surface area contributed by atoms with Gasteiger partial charge in [0.05, 0.1) is 12.2 Å². The van der Waals surface area contributed by atoms with Crippen LogP contribution in [0.5, 0.6) is 0 Å². The Labute approximate surface area is 114 Å². The first-order chi connectivity index (χ1) is 9.47. The van der Waals surface area contributed by atoms with Crippen LogP contribution in [0.4, 0.5) is 13.2 Å². The van der Waals surface area contributed by atoms with Crippen molar-refractivity contribution in [2.24, 2.45) is 5.92 Å². The van der Waals surface area contributed by atoms with Crippen LogP contribution >= 0.6 is 0 Å². The summed E-state index contributed by atoms with van der Waals surface area (Å²) < 4.78 is 44.0. The lowest BCUT2D eigenvalue weighted by molar-refractivity contribution is -0.138. The van der Waals surface area contributed by atoms with Crippen molar-refractivity contribution < 1.29 is 17.9 Å². The molecule has 0 aromatic carbocycles. The third kappa shape index (κ3) is 4.08. The molecule has 2 rings (SSSR count). The van der Waals surface area contributed by atoms with Gasteiger partial charge < -0.3 is 14.6 Å². The molecule has 0 amide bonds. The SMILES string of the molecule is O=c1ccc(C(F)(F)F)cn1CCNCC1CCOC1. The molecule has 20 heavy (non-hydrogen) atoms. The number of alkyl halides is 3. The van der Waals surface area contributed by atoms with E-state index in [0.717, 1.165) is 49.1 Å². The van der Waals surface area contributed by atoms with Gasteiger partial charge >= 0.3 is 6.18 Å². The molecule has 1 aliphatic heterocycles. The molecule has 112 valence electrons. The van der Waals surface area contributed by atoms with Crippen molar-refractivity contribution >= 4 is 0 Å². The molecule has 1 atom stereocenters. The van der Waals surface area contributed by atoms with Crippen LogP contribution < -0.4 is 10.9 Å². The minimum absolute atomic E-state index is 0.219. The number of nitrogens with zero attached hydrogens (tertiary/aromatic N) is 1. The van der Waals surface area contributed by atoms with Gasteiger partial charge in [0.25, 0.3) is 5.56 Å². The first-order valence-electron chi connectivity index (χ1n) is 6.53. The van der Waals surface area contributed by atoms with E-state index in [4.69, 9.17) is 4.74 Å². The van der Waals surface area contributed by atoms with Gasteiger partial charge in [-0.25, -0.2) is 0 Å². The summed E-state index contributed by atoms with van der Waals surface area (Å²) in [4.78, 5) is 11.5. The molecule has 1 N–H and O–H groups in total. The molecule has 1 aliphatic rings. The van der Waals surface area contributed by atoms with Gasteiger partial charge in [0.15, 0.2) is 0 Å². The maximum absolute atomic E-state index is 12.5. The van der Waals surface area contributed by atoms with Crippen molar-refractivity contribution in [2.75, 3.05) is 26.3 Å². The fourth-order valence-corrected chi connectivity index (χ4v) is 2.12. The topological polar surface area (TPSA) is 43.3 Å². The standard InChI is InChI=1S/C13H17F3N2O2/c14-13(15,16)11-1-2-12(19)18(8-11)5-4-17-7-10-3-6-20-9-10/h1-2,8,10,17H,3-7,9H2. The van der Waals surface area contributed by atoms with E-state index in [1.54, 1.807) is 0 Å². The molecule has 7 heteroatoms. The van der Waals surface area contributed by atoms with E-state index < -0.39 is 17.3 Å². The van der Waals surface area contributed by atoms with Gasteiger partial charge in [0.2, 0.25) is 0 Å². The molecule has 1 aromatic heterocycles. The van der Waals surface area contributed by atoms with E-state index in [2.05, 4.69) is 5.32 Å². The maximum atomic E-state index is 12.5. The molecule has 0 spiro atoms. The number of ether oxygens (including phenoxy) is 1. The fourth-order valence-electron chi connectivity index (χ4n) is 2.12. The van der Waals surface area contributed by atoms with Gasteiger partial charge in [-0.05, 0) is 18.4 Å². The van der Waals surface area contributed by atoms with E-state index in [1.807, 2.05) is 0 Å². The van der Waals surface area contributed by atoms with Crippen molar-refractivity contribution in [3.63, 3.8) is 0 Å². The van der Waals surface area contributed by atoms with Crippen LogP contribution in [-0.4, -0.2) is 30.9 Å². The Kier molecular flexibility index (Phi) is 4.82. The van der Waals surface area contributed by atoms with Crippen molar-refractivity contribution in [3.05, 3.63) is 34.2 Å². The van der Waals surface area contributed by atoms with Gasteiger partial charge in [-0.1, -0.05) is 0 Å². The normalized spacial score (nSPS) is 19.4. The minimum atomic E-state index is -4.43. The summed E-state index contributed by atoms with van der Waals surface area (Å²) in [5.41, 5.74) is -1.23. The number of halogens is 3. The van der Waals surface area contributed by atoms with Crippen LogP contribution in [0.3, 0.4) is 0 Å². The Morgan fingerprint density at radius 2 is 2.20 bits per heavy atom. The van der Waals surface area contributed by atoms with Crippen molar-refractivity contribution in [2.45, 2.75) is 19.1 Å². The Morgan fingerprint density at radius 1 is 1.40 bits per heavy atom. The third-order valence-corrected chi connectivity index (χ3v) is 3.30. The smallest absolute Gasteiger partial charge is 0.381 e. The molecule has 2 heterocycles. The summed E-state index contributed by atoms with van der Waals surface area (Å²) in [6, 6.07) is 1.76. The predicted octanol–water partition coefficient (Wildman–Crippen LogP) is 1.49. The zero-order valence-corrected chi connectivity index (χ0v) is 10.9. The molecule has 1 saturated heterocycles. The van der Waals surface area contributed by atoms with Crippen LogP contribution in [-0.2, 0) is 17.5 Å². The maximum Gasteiger partial charge on any atom is 0.417 e. The van der Waals surface area contributed by atoms with Crippen molar-refractivity contribution in [1.29, 1.82) is 0 Å². The number of hydrogen-bond acceptors (Lipinski definition) is 3. The molecule has 0 radical (unpaired) electrons. The number of hydrogen-bond donors (Lipinski definition) is 1. The summed E-state index contributed by atoms with van der Waals surface area (Å²) in [6.07, 6.45) is -2.57. The lowest BCUT2D eigenvalue weighted by Gasteiger charge is -2.12. The third-order valence-electron chi connectivity index (χ3n) is 3.30. The summed E-state index contributed by atoms with van der Waals surface area (Å²) in [5, 5.41) is 3.14. The largest absolute Gasteiger partial charge is 0.417 e. The number of pyridine rings is 1. The second-order valence-corrected chi connectivity index (χ2v) is 4.88. The van der Waals surface area contributed by atoms with Crippen LogP contribution in [0.2, 0.25) is 0 Å². The summed E-state index contributed by atoms with van der Waals surface area (Å²) in [5.74, 6) is 0.452. The molecule has 1 fully saturated rings. The highest BCUT2D eigenvalue weighted by Crippen LogP contribution is 2.27. The van der Waals surface area contributed by atoms with Crippen LogP contribution in [0.1, 0.15) is 12.0 Å². The van der Waals surface area contributed by atoms with E-state index in [-0.39, 0.29) is 6.54 Å². The second-order valence-electron chi connectivity index (χ2n) is 4.88. The van der Waals surface area contributed by atoms with Gasteiger partial charge in [0.1, 0.15) is 0 Å². The number of aromatic nitrogens is 1. The highest BCUT2D eigenvalue weighted by molar-refractivity contribution is 5.13. The second kappa shape index (κ2) is 6.41. The molecular formula is C13H17F3N2O2. The Morgan fingerprint density at radius 3 is 2.85 bits per heavy atom. The van der Waals surface area contributed by atoms with Gasteiger partial charge in [-0.2, -0.15) is 13.2 Å². The molecule has 0 bridgehead atoms. The van der Waals surface area contributed by atoms with Crippen LogP contribution in [0, 0.1) is 5.92 Å². The van der Waals surface area contributed by atoms with E-state index in [9.17, 15) is 18.0 Å².